The van der Waals surface area contributed by atoms with Gasteiger partial charge < -0.3 is 15.2 Å². The topological polar surface area (TPSA) is 100 Å². The first-order valence-corrected chi connectivity index (χ1v) is 10.1. The first-order chi connectivity index (χ1) is 13.9. The summed E-state index contributed by atoms with van der Waals surface area (Å²) in [6.07, 6.45) is 2.10. The van der Waals surface area contributed by atoms with Crippen LogP contribution in [0, 0.1) is 0 Å². The summed E-state index contributed by atoms with van der Waals surface area (Å²) in [5, 5.41) is 16.9. The molecule has 2 rings (SSSR count). The summed E-state index contributed by atoms with van der Waals surface area (Å²) in [6, 6.07) is 10.0. The van der Waals surface area contributed by atoms with Crippen molar-refractivity contribution in [3.8, 4) is 11.5 Å². The molecule has 29 heavy (non-hydrogen) atoms. The highest BCUT2D eigenvalue weighted by Crippen LogP contribution is 2.35. The van der Waals surface area contributed by atoms with Gasteiger partial charge >= 0.3 is 0 Å². The molecule has 0 saturated heterocycles. The number of hydrazone groups is 1. The molecule has 2 aromatic rings. The largest absolute Gasteiger partial charge is 0.503 e. The predicted molar refractivity (Wildman–Crippen MR) is 116 cm³/mol. The SMILES string of the molecule is CCOc1cc(C=NNC(=O)CCCNC(=O)c2ccccc2Cl)cc(Br)c1O. The molecule has 0 atom stereocenters. The molecule has 154 valence electrons. The van der Waals surface area contributed by atoms with E-state index in [1.165, 1.54) is 6.21 Å². The summed E-state index contributed by atoms with van der Waals surface area (Å²) in [5.41, 5.74) is 3.47. The zero-order chi connectivity index (χ0) is 21.2. The van der Waals surface area contributed by atoms with E-state index in [4.69, 9.17) is 16.3 Å². The van der Waals surface area contributed by atoms with Crippen molar-refractivity contribution in [3.63, 3.8) is 0 Å². The number of ether oxygens (including phenoxy) is 1. The number of hydrogen-bond acceptors (Lipinski definition) is 5. The van der Waals surface area contributed by atoms with Crippen LogP contribution in [-0.4, -0.2) is 36.3 Å². The number of halogens is 2. The number of hydrogen-bond donors (Lipinski definition) is 3. The van der Waals surface area contributed by atoms with Gasteiger partial charge in [-0.1, -0.05) is 23.7 Å². The molecule has 0 aliphatic rings. The highest BCUT2D eigenvalue weighted by Gasteiger charge is 2.10. The monoisotopic (exact) mass is 481 g/mol. The zero-order valence-electron chi connectivity index (χ0n) is 15.7. The van der Waals surface area contributed by atoms with Crippen molar-refractivity contribution < 1.29 is 19.4 Å². The van der Waals surface area contributed by atoms with Gasteiger partial charge in [-0.25, -0.2) is 5.43 Å². The maximum absolute atomic E-state index is 12.0. The molecule has 0 saturated carbocycles. The minimum Gasteiger partial charge on any atom is -0.503 e. The van der Waals surface area contributed by atoms with Crippen LogP contribution in [0.5, 0.6) is 11.5 Å². The number of nitrogens with zero attached hydrogens (tertiary/aromatic N) is 1. The molecule has 0 heterocycles. The Labute approximate surface area is 182 Å². The molecule has 2 aromatic carbocycles. The van der Waals surface area contributed by atoms with Crippen LogP contribution in [-0.2, 0) is 4.79 Å². The standard InChI is InChI=1S/C20H21BrClN3O4/c1-2-29-17-11-13(10-15(21)19(17)27)12-24-25-18(26)8-5-9-23-20(28)14-6-3-4-7-16(14)22/h3-4,6-7,10-12,27H,2,5,8-9H2,1H3,(H,23,28)(H,25,26). The van der Waals surface area contributed by atoms with Crippen LogP contribution in [0.25, 0.3) is 0 Å². The first-order valence-electron chi connectivity index (χ1n) is 8.92. The summed E-state index contributed by atoms with van der Waals surface area (Å²) < 4.78 is 5.80. The Morgan fingerprint density at radius 2 is 2.07 bits per heavy atom. The van der Waals surface area contributed by atoms with Gasteiger partial charge in [-0.3, -0.25) is 9.59 Å². The van der Waals surface area contributed by atoms with Gasteiger partial charge in [0.1, 0.15) is 0 Å². The normalized spacial score (nSPS) is 10.7. The second-order valence-corrected chi connectivity index (χ2v) is 7.18. The lowest BCUT2D eigenvalue weighted by molar-refractivity contribution is -0.121. The molecule has 0 spiro atoms. The number of rotatable bonds is 9. The molecule has 2 amide bonds. The summed E-state index contributed by atoms with van der Waals surface area (Å²) in [4.78, 5) is 23.9. The van der Waals surface area contributed by atoms with Gasteiger partial charge in [0.05, 0.1) is 27.9 Å². The van der Waals surface area contributed by atoms with E-state index in [0.717, 1.165) is 0 Å². The fraction of sp³-hybridized carbons (Fsp3) is 0.250. The molecule has 0 bridgehead atoms. The van der Waals surface area contributed by atoms with E-state index in [-0.39, 0.29) is 24.0 Å². The molecular formula is C20H21BrClN3O4. The molecule has 0 aromatic heterocycles. The Balaban J connectivity index is 1.76. The minimum absolute atomic E-state index is 0.00636. The van der Waals surface area contributed by atoms with Crippen molar-refractivity contribution in [2.75, 3.05) is 13.2 Å². The third-order valence-electron chi connectivity index (χ3n) is 3.74. The van der Waals surface area contributed by atoms with Gasteiger partial charge in [0.25, 0.3) is 5.91 Å². The number of phenolic OH excluding ortho intramolecular Hbond substituents is 1. The smallest absolute Gasteiger partial charge is 0.252 e. The molecule has 0 radical (unpaired) electrons. The lowest BCUT2D eigenvalue weighted by Crippen LogP contribution is -2.26. The highest BCUT2D eigenvalue weighted by atomic mass is 79.9. The van der Waals surface area contributed by atoms with Gasteiger partial charge in [0, 0.05) is 13.0 Å². The lowest BCUT2D eigenvalue weighted by atomic mass is 10.2. The number of phenols is 1. The van der Waals surface area contributed by atoms with Crippen LogP contribution in [0.4, 0.5) is 0 Å². The average molecular weight is 483 g/mol. The van der Waals surface area contributed by atoms with E-state index in [1.807, 2.05) is 6.92 Å². The van der Waals surface area contributed by atoms with Gasteiger partial charge in [0.2, 0.25) is 5.91 Å². The van der Waals surface area contributed by atoms with Gasteiger partial charge in [0.15, 0.2) is 11.5 Å². The van der Waals surface area contributed by atoms with Crippen molar-refractivity contribution in [2.24, 2.45) is 5.10 Å². The van der Waals surface area contributed by atoms with Crippen molar-refractivity contribution in [3.05, 3.63) is 57.0 Å². The maximum Gasteiger partial charge on any atom is 0.252 e. The number of nitrogens with one attached hydrogen (secondary N) is 2. The average Bonchev–Trinajstić information content (AvgIpc) is 2.69. The van der Waals surface area contributed by atoms with Crippen LogP contribution in [0.2, 0.25) is 5.02 Å². The molecule has 0 aliphatic carbocycles. The van der Waals surface area contributed by atoms with Crippen LogP contribution in [0.3, 0.4) is 0 Å². The Morgan fingerprint density at radius 3 is 2.79 bits per heavy atom. The van der Waals surface area contributed by atoms with Crippen molar-refractivity contribution in [1.29, 1.82) is 0 Å². The zero-order valence-corrected chi connectivity index (χ0v) is 18.1. The van der Waals surface area contributed by atoms with E-state index < -0.39 is 0 Å². The molecule has 3 N–H and O–H groups in total. The molecule has 0 aliphatic heterocycles. The van der Waals surface area contributed by atoms with Gasteiger partial charge in [-0.05, 0) is 59.1 Å². The fourth-order valence-corrected chi connectivity index (χ4v) is 3.04. The quantitative estimate of drug-likeness (QED) is 0.287. The van der Waals surface area contributed by atoms with Gasteiger partial charge in [-0.15, -0.1) is 0 Å². The first kappa shape index (κ1) is 22.7. The number of carbonyl (C=O) groups is 2. The Bertz CT molecular complexity index is 905. The third-order valence-corrected chi connectivity index (χ3v) is 4.67. The van der Waals surface area contributed by atoms with Crippen LogP contribution < -0.4 is 15.5 Å². The van der Waals surface area contributed by atoms with Crippen molar-refractivity contribution in [1.82, 2.24) is 10.7 Å². The van der Waals surface area contributed by atoms with Crippen LogP contribution >= 0.6 is 27.5 Å². The fourth-order valence-electron chi connectivity index (χ4n) is 2.36. The van der Waals surface area contributed by atoms with Crippen LogP contribution in [0.15, 0.2) is 46.0 Å². The Kier molecular flexibility index (Phi) is 8.95. The third kappa shape index (κ3) is 7.07. The van der Waals surface area contributed by atoms with Gasteiger partial charge in [-0.2, -0.15) is 5.10 Å². The number of amides is 2. The van der Waals surface area contributed by atoms with Crippen LogP contribution in [0.1, 0.15) is 35.7 Å². The molecule has 9 heteroatoms. The second-order valence-electron chi connectivity index (χ2n) is 5.91. The van der Waals surface area contributed by atoms with E-state index in [2.05, 4.69) is 31.8 Å². The summed E-state index contributed by atoms with van der Waals surface area (Å²) in [5.74, 6) is -0.232. The van der Waals surface area contributed by atoms with E-state index in [1.54, 1.807) is 36.4 Å². The minimum atomic E-state index is -0.281. The second kappa shape index (κ2) is 11.4. The number of carbonyl (C=O) groups excluding carboxylic acids is 2. The lowest BCUT2D eigenvalue weighted by Gasteiger charge is -2.08. The maximum atomic E-state index is 12.0. The van der Waals surface area contributed by atoms with E-state index in [9.17, 15) is 14.7 Å². The number of aromatic hydroxyl groups is 1. The predicted octanol–water partition coefficient (Wildman–Crippen LogP) is 3.87. The number of benzene rings is 2. The van der Waals surface area contributed by atoms with Crippen molar-refractivity contribution >= 4 is 45.6 Å². The summed E-state index contributed by atoms with van der Waals surface area (Å²) >= 11 is 9.21. The summed E-state index contributed by atoms with van der Waals surface area (Å²) in [6.45, 7) is 2.55. The van der Waals surface area contributed by atoms with E-state index in [0.29, 0.717) is 45.9 Å². The molecular weight excluding hydrogens is 462 g/mol. The van der Waals surface area contributed by atoms with Crippen molar-refractivity contribution in [2.45, 2.75) is 19.8 Å². The Hall–Kier alpha value is -2.58. The Morgan fingerprint density at radius 1 is 1.31 bits per heavy atom. The van der Waals surface area contributed by atoms with E-state index >= 15 is 0 Å². The summed E-state index contributed by atoms with van der Waals surface area (Å²) in [7, 11) is 0. The molecule has 7 nitrogen and oxygen atoms in total. The molecule has 0 unspecified atom stereocenters. The highest BCUT2D eigenvalue weighted by molar-refractivity contribution is 9.10. The molecule has 0 fully saturated rings.